The first kappa shape index (κ1) is 23.8. The number of rotatable bonds is 6. The average molecular weight is 472 g/mol. The number of aromatic hydroxyl groups is 2. The molecule has 0 amide bonds. The molecule has 2 aromatic carbocycles. The lowest BCUT2D eigenvalue weighted by Crippen LogP contribution is -2.13. The van der Waals surface area contributed by atoms with Crippen LogP contribution < -0.4 is 9.47 Å². The minimum absolute atomic E-state index is 0.169. The number of carbonyl (C=O) groups is 5. The SMILES string of the molecule is Cc1cc(O)c(C=O)c2c1C(=O)Oc1c(COC(=O)C=CC(=O)O)c(O)c(C(=O)O)c(C)c1O2. The molecule has 34 heavy (non-hydrogen) atoms. The first-order valence-corrected chi connectivity index (χ1v) is 9.39. The molecule has 4 N–H and O–H groups in total. The fraction of sp³-hybridized carbons (Fsp3) is 0.136. The fourth-order valence-corrected chi connectivity index (χ4v) is 3.32. The lowest BCUT2D eigenvalue weighted by molar-refractivity contribution is -0.139. The van der Waals surface area contributed by atoms with E-state index in [0.29, 0.717) is 12.2 Å². The second-order valence-corrected chi connectivity index (χ2v) is 7.01. The molecule has 0 aliphatic carbocycles. The maximum atomic E-state index is 12.9. The quantitative estimate of drug-likeness (QED) is 0.207. The second kappa shape index (κ2) is 8.94. The van der Waals surface area contributed by atoms with Crippen molar-refractivity contribution in [2.24, 2.45) is 0 Å². The maximum Gasteiger partial charge on any atom is 0.347 e. The van der Waals surface area contributed by atoms with Gasteiger partial charge < -0.3 is 34.6 Å². The van der Waals surface area contributed by atoms with E-state index < -0.39 is 70.2 Å². The Morgan fingerprint density at radius 2 is 1.71 bits per heavy atom. The summed E-state index contributed by atoms with van der Waals surface area (Å²) in [4.78, 5) is 58.6. The van der Waals surface area contributed by atoms with Crippen LogP contribution in [-0.2, 0) is 20.9 Å². The molecule has 0 radical (unpaired) electrons. The molecule has 0 fully saturated rings. The molecule has 0 unspecified atom stereocenters. The van der Waals surface area contributed by atoms with Gasteiger partial charge in [-0.3, -0.25) is 4.79 Å². The van der Waals surface area contributed by atoms with Gasteiger partial charge in [0.2, 0.25) is 0 Å². The average Bonchev–Trinajstić information content (AvgIpc) is 2.89. The molecule has 0 atom stereocenters. The van der Waals surface area contributed by atoms with Crippen LogP contribution in [0.3, 0.4) is 0 Å². The monoisotopic (exact) mass is 472 g/mol. The van der Waals surface area contributed by atoms with Gasteiger partial charge in [0, 0.05) is 17.7 Å². The molecule has 176 valence electrons. The van der Waals surface area contributed by atoms with E-state index >= 15 is 0 Å². The molecule has 1 aliphatic rings. The summed E-state index contributed by atoms with van der Waals surface area (Å²) in [6, 6.07) is 1.13. The summed E-state index contributed by atoms with van der Waals surface area (Å²) in [5.41, 5.74) is -1.80. The third-order valence-corrected chi connectivity index (χ3v) is 4.87. The predicted octanol–water partition coefficient (Wildman–Crippen LogP) is 2.23. The molecule has 1 aliphatic heterocycles. The van der Waals surface area contributed by atoms with E-state index in [1.54, 1.807) is 0 Å². The number of aryl methyl sites for hydroxylation is 1. The van der Waals surface area contributed by atoms with E-state index in [0.717, 1.165) is 6.07 Å². The molecular formula is C22H16O12. The number of carboxylic acid groups (broad SMARTS) is 2. The first-order chi connectivity index (χ1) is 16.0. The molecule has 2 aromatic rings. The fourth-order valence-electron chi connectivity index (χ4n) is 3.32. The van der Waals surface area contributed by atoms with Crippen molar-refractivity contribution in [2.75, 3.05) is 0 Å². The van der Waals surface area contributed by atoms with Crippen LogP contribution in [0.5, 0.6) is 28.7 Å². The van der Waals surface area contributed by atoms with Crippen LogP contribution in [0.4, 0.5) is 0 Å². The Morgan fingerprint density at radius 3 is 2.29 bits per heavy atom. The third-order valence-electron chi connectivity index (χ3n) is 4.87. The van der Waals surface area contributed by atoms with Gasteiger partial charge in [0.25, 0.3) is 0 Å². The number of aromatic carboxylic acids is 1. The van der Waals surface area contributed by atoms with Crippen molar-refractivity contribution in [2.45, 2.75) is 20.5 Å². The number of carbonyl (C=O) groups excluding carboxylic acids is 3. The first-order valence-electron chi connectivity index (χ1n) is 9.39. The van der Waals surface area contributed by atoms with Crippen molar-refractivity contribution in [1.82, 2.24) is 0 Å². The highest BCUT2D eigenvalue weighted by Crippen LogP contribution is 2.50. The van der Waals surface area contributed by atoms with E-state index in [2.05, 4.69) is 0 Å². The van der Waals surface area contributed by atoms with Crippen LogP contribution in [0, 0.1) is 13.8 Å². The Balaban J connectivity index is 2.24. The van der Waals surface area contributed by atoms with Crippen LogP contribution in [0.1, 0.15) is 47.8 Å². The Morgan fingerprint density at radius 1 is 1.03 bits per heavy atom. The molecule has 0 saturated heterocycles. The Hall–Kier alpha value is -4.87. The van der Waals surface area contributed by atoms with Gasteiger partial charge >= 0.3 is 23.9 Å². The highest BCUT2D eigenvalue weighted by molar-refractivity contribution is 6.02. The Bertz CT molecular complexity index is 1300. The van der Waals surface area contributed by atoms with Crippen molar-refractivity contribution in [3.8, 4) is 28.7 Å². The van der Waals surface area contributed by atoms with Gasteiger partial charge in [0.15, 0.2) is 23.5 Å². The molecule has 0 spiro atoms. The van der Waals surface area contributed by atoms with Crippen molar-refractivity contribution >= 4 is 30.2 Å². The molecule has 0 bridgehead atoms. The lowest BCUT2D eigenvalue weighted by Gasteiger charge is -2.18. The smallest absolute Gasteiger partial charge is 0.347 e. The van der Waals surface area contributed by atoms with Gasteiger partial charge in [0.1, 0.15) is 29.2 Å². The number of fused-ring (bicyclic) bond motifs is 2. The van der Waals surface area contributed by atoms with Crippen molar-refractivity contribution in [1.29, 1.82) is 0 Å². The number of hydrogen-bond acceptors (Lipinski definition) is 10. The highest BCUT2D eigenvalue weighted by Gasteiger charge is 2.35. The number of esters is 2. The number of benzene rings is 2. The van der Waals surface area contributed by atoms with Gasteiger partial charge in [-0.1, -0.05) is 0 Å². The standard InChI is InChI=1S/C22H16O12/c1-8-5-12(24)10(6-23)19-15(8)22(31)34-20-11(7-32-14(27)4-3-13(25)26)17(28)16(21(29)30)9(2)18(20)33-19/h3-6,24,28H,7H2,1-2H3,(H,25,26)(H,29,30). The van der Waals surface area contributed by atoms with E-state index in [-0.39, 0.29) is 28.7 Å². The van der Waals surface area contributed by atoms with Gasteiger partial charge in [0.05, 0.1) is 11.1 Å². The van der Waals surface area contributed by atoms with E-state index in [1.807, 2.05) is 0 Å². The Labute approximate surface area is 190 Å². The van der Waals surface area contributed by atoms with E-state index in [1.165, 1.54) is 13.8 Å². The summed E-state index contributed by atoms with van der Waals surface area (Å²) in [6.07, 6.45) is 1.30. The number of carboxylic acids is 2. The zero-order chi connectivity index (χ0) is 25.3. The number of phenols is 2. The summed E-state index contributed by atoms with van der Waals surface area (Å²) in [5, 5.41) is 38.9. The summed E-state index contributed by atoms with van der Waals surface area (Å²) in [6.45, 7) is 1.83. The van der Waals surface area contributed by atoms with E-state index in [9.17, 15) is 39.3 Å². The number of hydrogen-bond donors (Lipinski definition) is 4. The number of ether oxygens (including phenoxy) is 3. The summed E-state index contributed by atoms with van der Waals surface area (Å²) < 4.78 is 15.9. The van der Waals surface area contributed by atoms with Crippen LogP contribution in [0.2, 0.25) is 0 Å². The van der Waals surface area contributed by atoms with Gasteiger partial charge in [-0.15, -0.1) is 0 Å². The van der Waals surface area contributed by atoms with E-state index in [4.69, 9.17) is 19.3 Å². The highest BCUT2D eigenvalue weighted by atomic mass is 16.6. The largest absolute Gasteiger partial charge is 0.507 e. The molecule has 12 nitrogen and oxygen atoms in total. The van der Waals surface area contributed by atoms with Crippen molar-refractivity contribution in [3.05, 3.63) is 51.6 Å². The van der Waals surface area contributed by atoms with Crippen LogP contribution in [0.25, 0.3) is 0 Å². The van der Waals surface area contributed by atoms with Crippen molar-refractivity contribution < 1.29 is 58.6 Å². The van der Waals surface area contributed by atoms with Crippen LogP contribution >= 0.6 is 0 Å². The summed E-state index contributed by atoms with van der Waals surface area (Å²) in [5.74, 6) is -7.91. The van der Waals surface area contributed by atoms with Crippen molar-refractivity contribution in [3.63, 3.8) is 0 Å². The zero-order valence-electron chi connectivity index (χ0n) is 17.6. The van der Waals surface area contributed by atoms with Gasteiger partial charge in [-0.2, -0.15) is 0 Å². The van der Waals surface area contributed by atoms with Gasteiger partial charge in [-0.25, -0.2) is 19.2 Å². The van der Waals surface area contributed by atoms with Gasteiger partial charge in [-0.05, 0) is 25.5 Å². The van der Waals surface area contributed by atoms with Crippen LogP contribution in [-0.4, -0.2) is 50.6 Å². The molecule has 0 saturated carbocycles. The Kier molecular flexibility index (Phi) is 6.25. The molecule has 12 heteroatoms. The molecule has 3 rings (SSSR count). The predicted molar refractivity (Wildman–Crippen MR) is 110 cm³/mol. The normalized spacial score (nSPS) is 12.1. The summed E-state index contributed by atoms with van der Waals surface area (Å²) >= 11 is 0. The minimum atomic E-state index is -1.60. The summed E-state index contributed by atoms with van der Waals surface area (Å²) in [7, 11) is 0. The number of aldehydes is 1. The molecule has 1 heterocycles. The molecular weight excluding hydrogens is 456 g/mol. The van der Waals surface area contributed by atoms with Crippen LogP contribution in [0.15, 0.2) is 18.2 Å². The topological polar surface area (TPSA) is 194 Å². The lowest BCUT2D eigenvalue weighted by atomic mass is 10.0. The maximum absolute atomic E-state index is 12.9. The number of aliphatic carboxylic acids is 1. The second-order valence-electron chi connectivity index (χ2n) is 7.01. The zero-order valence-corrected chi connectivity index (χ0v) is 17.6. The molecule has 0 aromatic heterocycles. The third kappa shape index (κ3) is 4.11. The minimum Gasteiger partial charge on any atom is -0.507 e. The number of phenolic OH excluding ortho intramolecular Hbond substituents is 1.